The van der Waals surface area contributed by atoms with Gasteiger partial charge in [0.2, 0.25) is 0 Å². The normalized spacial score (nSPS) is 16.9. The lowest BCUT2D eigenvalue weighted by molar-refractivity contribution is -0.142. The Morgan fingerprint density at radius 3 is 2.88 bits per heavy atom. The zero-order chi connectivity index (χ0) is 11.9. The number of fused-ring (bicyclic) bond motifs is 1. The Balaban J connectivity index is 1.75. The maximum atomic E-state index is 11.0. The molecule has 1 fully saturated rings. The molecular weight excluding hydrogens is 220 g/mol. The van der Waals surface area contributed by atoms with Crippen LogP contribution in [0.4, 0.5) is 6.01 Å². The summed E-state index contributed by atoms with van der Waals surface area (Å²) in [5.74, 6) is -0.749. The summed E-state index contributed by atoms with van der Waals surface area (Å²) < 4.78 is 5.46. The minimum Gasteiger partial charge on any atom is -0.481 e. The molecule has 0 unspecified atom stereocenters. The van der Waals surface area contributed by atoms with Crippen molar-refractivity contribution >= 4 is 23.1 Å². The molecule has 0 radical (unpaired) electrons. The molecule has 0 aliphatic heterocycles. The number of carboxylic acid groups (broad SMARTS) is 1. The molecule has 0 bridgehead atoms. The van der Waals surface area contributed by atoms with Gasteiger partial charge in [-0.1, -0.05) is 12.1 Å². The third-order valence-corrected chi connectivity index (χ3v) is 3.18. The second-order valence-electron chi connectivity index (χ2n) is 4.43. The molecule has 1 aromatic carbocycles. The van der Waals surface area contributed by atoms with E-state index in [0.29, 0.717) is 18.1 Å². The average molecular weight is 232 g/mol. The van der Waals surface area contributed by atoms with Crippen molar-refractivity contribution in [3.63, 3.8) is 0 Å². The molecule has 0 spiro atoms. The topological polar surface area (TPSA) is 75.4 Å². The first-order valence-corrected chi connectivity index (χ1v) is 5.52. The van der Waals surface area contributed by atoms with Crippen molar-refractivity contribution in [2.45, 2.75) is 12.8 Å². The number of nitrogens with zero attached hydrogens (tertiary/aromatic N) is 1. The minimum absolute atomic E-state index is 0.370. The van der Waals surface area contributed by atoms with E-state index in [1.54, 1.807) is 0 Å². The number of carbonyl (C=O) groups is 1. The lowest BCUT2D eigenvalue weighted by atomic mass is 10.1. The van der Waals surface area contributed by atoms with Gasteiger partial charge >= 0.3 is 5.97 Å². The molecular formula is C12H12N2O3. The van der Waals surface area contributed by atoms with Crippen molar-refractivity contribution in [2.75, 3.05) is 11.9 Å². The SMILES string of the molecule is O=C(O)C1(CNc2nc3ccccc3o2)CC1. The van der Waals surface area contributed by atoms with E-state index in [4.69, 9.17) is 9.52 Å². The summed E-state index contributed by atoms with van der Waals surface area (Å²) in [6.07, 6.45) is 1.44. The Morgan fingerprint density at radius 2 is 2.24 bits per heavy atom. The number of aromatic nitrogens is 1. The van der Waals surface area contributed by atoms with Crippen LogP contribution in [0.2, 0.25) is 0 Å². The van der Waals surface area contributed by atoms with E-state index in [-0.39, 0.29) is 0 Å². The van der Waals surface area contributed by atoms with Crippen LogP contribution in [0.5, 0.6) is 0 Å². The van der Waals surface area contributed by atoms with Gasteiger partial charge in [-0.2, -0.15) is 4.98 Å². The Hall–Kier alpha value is -2.04. The Kier molecular flexibility index (Phi) is 2.07. The molecule has 3 rings (SSSR count). The maximum Gasteiger partial charge on any atom is 0.311 e. The highest BCUT2D eigenvalue weighted by Gasteiger charge is 2.50. The molecule has 1 aliphatic rings. The van der Waals surface area contributed by atoms with Crippen LogP contribution in [0.3, 0.4) is 0 Å². The summed E-state index contributed by atoms with van der Waals surface area (Å²) >= 11 is 0. The molecule has 2 N–H and O–H groups in total. The third kappa shape index (κ3) is 1.73. The fraction of sp³-hybridized carbons (Fsp3) is 0.333. The van der Waals surface area contributed by atoms with Crippen molar-refractivity contribution in [3.8, 4) is 0 Å². The van der Waals surface area contributed by atoms with Crippen molar-refractivity contribution in [3.05, 3.63) is 24.3 Å². The van der Waals surface area contributed by atoms with E-state index in [2.05, 4.69) is 10.3 Å². The summed E-state index contributed by atoms with van der Waals surface area (Å²) in [6, 6.07) is 7.83. The predicted molar refractivity (Wildman–Crippen MR) is 61.8 cm³/mol. The number of para-hydroxylation sites is 2. The molecule has 17 heavy (non-hydrogen) atoms. The first kappa shape index (κ1) is 10.1. The second kappa shape index (κ2) is 3.48. The molecule has 2 aromatic rings. The molecule has 5 heteroatoms. The Bertz CT molecular complexity index is 539. The highest BCUT2D eigenvalue weighted by atomic mass is 16.4. The summed E-state index contributed by atoms with van der Waals surface area (Å²) in [7, 11) is 0. The lowest BCUT2D eigenvalue weighted by Crippen LogP contribution is -2.24. The number of hydrogen-bond acceptors (Lipinski definition) is 4. The van der Waals surface area contributed by atoms with E-state index in [9.17, 15) is 4.79 Å². The highest BCUT2D eigenvalue weighted by Crippen LogP contribution is 2.45. The van der Waals surface area contributed by atoms with Crippen LogP contribution in [0.25, 0.3) is 11.1 Å². The monoisotopic (exact) mass is 232 g/mol. The maximum absolute atomic E-state index is 11.0. The number of anilines is 1. The van der Waals surface area contributed by atoms with Crippen molar-refractivity contribution in [2.24, 2.45) is 5.41 Å². The largest absolute Gasteiger partial charge is 0.481 e. The predicted octanol–water partition coefficient (Wildman–Crippen LogP) is 2.10. The zero-order valence-electron chi connectivity index (χ0n) is 9.14. The fourth-order valence-electron chi connectivity index (χ4n) is 1.81. The first-order chi connectivity index (χ1) is 8.20. The fourth-order valence-corrected chi connectivity index (χ4v) is 1.81. The average Bonchev–Trinajstić information content (AvgIpc) is 3.00. The van der Waals surface area contributed by atoms with Gasteiger partial charge in [-0.25, -0.2) is 0 Å². The lowest BCUT2D eigenvalue weighted by Gasteiger charge is -2.08. The van der Waals surface area contributed by atoms with Gasteiger partial charge in [0, 0.05) is 6.54 Å². The Labute approximate surface area is 97.5 Å². The first-order valence-electron chi connectivity index (χ1n) is 5.52. The smallest absolute Gasteiger partial charge is 0.311 e. The van der Waals surface area contributed by atoms with Gasteiger partial charge in [0.15, 0.2) is 5.58 Å². The van der Waals surface area contributed by atoms with E-state index in [0.717, 1.165) is 18.4 Å². The summed E-state index contributed by atoms with van der Waals surface area (Å²) in [4.78, 5) is 15.2. The van der Waals surface area contributed by atoms with Crippen LogP contribution < -0.4 is 5.32 Å². The van der Waals surface area contributed by atoms with E-state index < -0.39 is 11.4 Å². The zero-order valence-corrected chi connectivity index (χ0v) is 9.14. The third-order valence-electron chi connectivity index (χ3n) is 3.18. The van der Waals surface area contributed by atoms with Crippen LogP contribution in [0.15, 0.2) is 28.7 Å². The molecule has 1 aliphatic carbocycles. The van der Waals surface area contributed by atoms with Gasteiger partial charge in [0.05, 0.1) is 5.41 Å². The number of oxazole rings is 1. The van der Waals surface area contributed by atoms with Gasteiger partial charge < -0.3 is 14.8 Å². The van der Waals surface area contributed by atoms with Gasteiger partial charge in [-0.3, -0.25) is 4.79 Å². The van der Waals surface area contributed by atoms with Crippen LogP contribution in [-0.2, 0) is 4.79 Å². The molecule has 1 heterocycles. The number of carboxylic acids is 1. The summed E-state index contributed by atoms with van der Waals surface area (Å²) in [5, 5.41) is 12.0. The minimum atomic E-state index is -0.749. The van der Waals surface area contributed by atoms with Crippen LogP contribution in [-0.4, -0.2) is 22.6 Å². The van der Waals surface area contributed by atoms with Crippen LogP contribution in [0.1, 0.15) is 12.8 Å². The van der Waals surface area contributed by atoms with Gasteiger partial charge in [0.1, 0.15) is 5.52 Å². The number of nitrogens with one attached hydrogen (secondary N) is 1. The second-order valence-corrected chi connectivity index (χ2v) is 4.43. The number of benzene rings is 1. The van der Waals surface area contributed by atoms with E-state index in [1.165, 1.54) is 0 Å². The van der Waals surface area contributed by atoms with Crippen molar-refractivity contribution in [1.82, 2.24) is 4.98 Å². The van der Waals surface area contributed by atoms with E-state index in [1.807, 2.05) is 24.3 Å². The standard InChI is InChI=1S/C12H12N2O3/c15-10(16)12(5-6-12)7-13-11-14-8-3-1-2-4-9(8)17-11/h1-4H,5-7H2,(H,13,14)(H,15,16). The van der Waals surface area contributed by atoms with Crippen molar-refractivity contribution < 1.29 is 14.3 Å². The summed E-state index contributed by atoms with van der Waals surface area (Å²) in [5.41, 5.74) is 0.867. The molecule has 88 valence electrons. The molecule has 0 amide bonds. The molecule has 0 saturated heterocycles. The quantitative estimate of drug-likeness (QED) is 0.844. The molecule has 1 aromatic heterocycles. The molecule has 1 saturated carbocycles. The Morgan fingerprint density at radius 1 is 1.47 bits per heavy atom. The number of hydrogen-bond donors (Lipinski definition) is 2. The summed E-state index contributed by atoms with van der Waals surface area (Å²) in [6.45, 7) is 0.370. The number of aliphatic carboxylic acids is 1. The van der Waals surface area contributed by atoms with Gasteiger partial charge in [0.25, 0.3) is 6.01 Å². The van der Waals surface area contributed by atoms with E-state index >= 15 is 0 Å². The van der Waals surface area contributed by atoms with Crippen LogP contribution >= 0.6 is 0 Å². The number of rotatable bonds is 4. The highest BCUT2D eigenvalue weighted by molar-refractivity contribution is 5.79. The molecule has 5 nitrogen and oxygen atoms in total. The van der Waals surface area contributed by atoms with Gasteiger partial charge in [-0.05, 0) is 25.0 Å². The van der Waals surface area contributed by atoms with Crippen LogP contribution in [0, 0.1) is 5.41 Å². The van der Waals surface area contributed by atoms with Crippen molar-refractivity contribution in [1.29, 1.82) is 0 Å². The molecule has 0 atom stereocenters. The van der Waals surface area contributed by atoms with Gasteiger partial charge in [-0.15, -0.1) is 0 Å².